The minimum absolute atomic E-state index is 0.0277. The molecule has 1 rings (SSSR count). The van der Waals surface area contributed by atoms with Crippen molar-refractivity contribution in [1.29, 1.82) is 0 Å². The Morgan fingerprint density at radius 2 is 2.18 bits per heavy atom. The normalized spacial score (nSPS) is 12.0. The van der Waals surface area contributed by atoms with Crippen LogP contribution in [0.4, 0.5) is 5.69 Å². The molecular formula is C13H19BrN2O. The number of halogens is 1. The molecule has 0 radical (unpaired) electrons. The van der Waals surface area contributed by atoms with Crippen LogP contribution >= 0.6 is 15.9 Å². The van der Waals surface area contributed by atoms with Crippen molar-refractivity contribution in [2.75, 3.05) is 11.9 Å². The van der Waals surface area contributed by atoms with E-state index in [1.54, 1.807) is 0 Å². The molecule has 3 nitrogen and oxygen atoms in total. The van der Waals surface area contributed by atoms with E-state index in [-0.39, 0.29) is 11.9 Å². The van der Waals surface area contributed by atoms with Gasteiger partial charge in [-0.3, -0.25) is 4.79 Å². The van der Waals surface area contributed by atoms with Gasteiger partial charge in [0, 0.05) is 16.2 Å². The first kappa shape index (κ1) is 14.0. The lowest BCUT2D eigenvalue weighted by atomic mass is 10.2. The van der Waals surface area contributed by atoms with E-state index in [4.69, 9.17) is 0 Å². The molecule has 0 fully saturated rings. The molecule has 0 aliphatic carbocycles. The number of benzene rings is 1. The summed E-state index contributed by atoms with van der Waals surface area (Å²) in [6.07, 6.45) is 0.948. The number of hydrogen-bond donors (Lipinski definition) is 2. The molecule has 1 aromatic carbocycles. The summed E-state index contributed by atoms with van der Waals surface area (Å²) in [6, 6.07) is 6.18. The maximum absolute atomic E-state index is 11.6. The van der Waals surface area contributed by atoms with Crippen LogP contribution in [-0.4, -0.2) is 18.5 Å². The molecular weight excluding hydrogens is 280 g/mol. The van der Waals surface area contributed by atoms with E-state index in [9.17, 15) is 4.79 Å². The van der Waals surface area contributed by atoms with Crippen LogP contribution in [0.1, 0.15) is 25.8 Å². The molecule has 0 aliphatic heterocycles. The van der Waals surface area contributed by atoms with Gasteiger partial charge < -0.3 is 10.6 Å². The first-order valence-electron chi connectivity index (χ1n) is 5.82. The molecule has 0 bridgehead atoms. The Balaban J connectivity index is 2.45. The molecule has 1 aromatic rings. The maximum atomic E-state index is 11.6. The monoisotopic (exact) mass is 298 g/mol. The Kier molecular flexibility index (Phi) is 5.48. The molecule has 0 saturated heterocycles. The van der Waals surface area contributed by atoms with Gasteiger partial charge in [0.2, 0.25) is 5.91 Å². The molecule has 94 valence electrons. The second kappa shape index (κ2) is 6.64. The zero-order chi connectivity index (χ0) is 12.8. The van der Waals surface area contributed by atoms with E-state index < -0.39 is 0 Å². The number of hydrogen-bond acceptors (Lipinski definition) is 2. The average molecular weight is 299 g/mol. The van der Waals surface area contributed by atoms with E-state index in [2.05, 4.69) is 33.5 Å². The molecule has 17 heavy (non-hydrogen) atoms. The number of anilines is 1. The molecule has 0 saturated carbocycles. The fraction of sp³-hybridized carbons (Fsp3) is 0.462. The maximum Gasteiger partial charge on any atom is 0.239 e. The minimum Gasteiger partial charge on any atom is -0.376 e. The average Bonchev–Trinajstić information content (AvgIpc) is 2.30. The van der Waals surface area contributed by atoms with Gasteiger partial charge in [-0.25, -0.2) is 0 Å². The Bertz CT molecular complexity index is 393. The van der Waals surface area contributed by atoms with E-state index in [0.717, 1.165) is 22.1 Å². The second-order valence-electron chi connectivity index (χ2n) is 4.19. The molecule has 0 spiro atoms. The van der Waals surface area contributed by atoms with Gasteiger partial charge in [0.1, 0.15) is 0 Å². The second-order valence-corrected chi connectivity index (χ2v) is 5.05. The summed E-state index contributed by atoms with van der Waals surface area (Å²) in [5.74, 6) is 0.0277. The predicted octanol–water partition coefficient (Wildman–Crippen LogP) is 3.08. The third kappa shape index (κ3) is 4.77. The molecule has 0 aromatic heterocycles. The van der Waals surface area contributed by atoms with Gasteiger partial charge in [-0.2, -0.15) is 0 Å². The molecule has 4 heteroatoms. The van der Waals surface area contributed by atoms with Gasteiger partial charge >= 0.3 is 0 Å². The predicted molar refractivity (Wildman–Crippen MR) is 75.3 cm³/mol. The van der Waals surface area contributed by atoms with Crippen molar-refractivity contribution in [2.45, 2.75) is 33.2 Å². The quantitative estimate of drug-likeness (QED) is 0.877. The molecule has 1 amide bonds. The van der Waals surface area contributed by atoms with Crippen LogP contribution in [0, 0.1) is 6.92 Å². The highest BCUT2D eigenvalue weighted by atomic mass is 79.9. The van der Waals surface area contributed by atoms with Crippen LogP contribution in [0.2, 0.25) is 0 Å². The summed E-state index contributed by atoms with van der Waals surface area (Å²) in [5.41, 5.74) is 2.11. The summed E-state index contributed by atoms with van der Waals surface area (Å²) in [4.78, 5) is 11.6. The minimum atomic E-state index is 0.0277. The third-order valence-corrected chi connectivity index (χ3v) is 3.52. The van der Waals surface area contributed by atoms with E-state index in [1.165, 1.54) is 0 Å². The Hall–Kier alpha value is -1.03. The first-order valence-corrected chi connectivity index (χ1v) is 6.61. The van der Waals surface area contributed by atoms with Gasteiger partial charge in [0.25, 0.3) is 0 Å². The highest BCUT2D eigenvalue weighted by molar-refractivity contribution is 9.10. The van der Waals surface area contributed by atoms with Crippen LogP contribution in [0.25, 0.3) is 0 Å². The Morgan fingerprint density at radius 3 is 2.76 bits per heavy atom. The van der Waals surface area contributed by atoms with Gasteiger partial charge in [-0.1, -0.05) is 22.9 Å². The zero-order valence-corrected chi connectivity index (χ0v) is 12.1. The van der Waals surface area contributed by atoms with Crippen molar-refractivity contribution in [1.82, 2.24) is 5.32 Å². The van der Waals surface area contributed by atoms with Crippen molar-refractivity contribution in [3.63, 3.8) is 0 Å². The van der Waals surface area contributed by atoms with Crippen molar-refractivity contribution < 1.29 is 4.79 Å². The number of nitrogens with one attached hydrogen (secondary N) is 2. The fourth-order valence-electron chi connectivity index (χ4n) is 1.36. The third-order valence-electron chi connectivity index (χ3n) is 2.63. The number of aryl methyl sites for hydroxylation is 1. The fourth-order valence-corrected chi connectivity index (χ4v) is 1.61. The van der Waals surface area contributed by atoms with Crippen molar-refractivity contribution >= 4 is 27.5 Å². The number of carbonyl (C=O) groups is 1. The summed E-state index contributed by atoms with van der Waals surface area (Å²) in [5, 5.41) is 6.02. The van der Waals surface area contributed by atoms with Gasteiger partial charge in [-0.15, -0.1) is 0 Å². The van der Waals surface area contributed by atoms with Crippen LogP contribution in [-0.2, 0) is 4.79 Å². The van der Waals surface area contributed by atoms with E-state index in [0.29, 0.717) is 6.54 Å². The van der Waals surface area contributed by atoms with Gasteiger partial charge in [-0.05, 0) is 44.0 Å². The highest BCUT2D eigenvalue weighted by Crippen LogP contribution is 2.19. The van der Waals surface area contributed by atoms with Crippen molar-refractivity contribution in [3.8, 4) is 0 Å². The van der Waals surface area contributed by atoms with Crippen molar-refractivity contribution in [2.24, 2.45) is 0 Å². The lowest BCUT2D eigenvalue weighted by Crippen LogP contribution is -2.36. The van der Waals surface area contributed by atoms with Gasteiger partial charge in [0.15, 0.2) is 0 Å². The Labute approximate surface area is 111 Å². The summed E-state index contributed by atoms with van der Waals surface area (Å²) >= 11 is 3.44. The Morgan fingerprint density at radius 1 is 1.47 bits per heavy atom. The first-order chi connectivity index (χ1) is 8.02. The van der Waals surface area contributed by atoms with Crippen LogP contribution < -0.4 is 10.6 Å². The molecule has 0 aliphatic rings. The van der Waals surface area contributed by atoms with Gasteiger partial charge in [0.05, 0.1) is 6.54 Å². The SMILES string of the molecule is CCC(C)NC(=O)CNc1ccc(Br)c(C)c1. The van der Waals surface area contributed by atoms with Crippen molar-refractivity contribution in [3.05, 3.63) is 28.2 Å². The van der Waals surface area contributed by atoms with Crippen LogP contribution in [0.15, 0.2) is 22.7 Å². The highest BCUT2D eigenvalue weighted by Gasteiger charge is 2.05. The standard InChI is InChI=1S/C13H19BrN2O/c1-4-10(3)16-13(17)8-15-11-5-6-12(14)9(2)7-11/h5-7,10,15H,4,8H2,1-3H3,(H,16,17). The summed E-state index contributed by atoms with van der Waals surface area (Å²) < 4.78 is 1.08. The summed E-state index contributed by atoms with van der Waals surface area (Å²) in [6.45, 7) is 6.39. The smallest absolute Gasteiger partial charge is 0.239 e. The molecule has 0 heterocycles. The number of rotatable bonds is 5. The topological polar surface area (TPSA) is 41.1 Å². The van der Waals surface area contributed by atoms with Crippen LogP contribution in [0.3, 0.4) is 0 Å². The number of amides is 1. The van der Waals surface area contributed by atoms with E-state index >= 15 is 0 Å². The summed E-state index contributed by atoms with van der Waals surface area (Å²) in [7, 11) is 0. The molecule has 2 N–H and O–H groups in total. The zero-order valence-electron chi connectivity index (χ0n) is 10.5. The molecule has 1 atom stereocenters. The van der Waals surface area contributed by atoms with Crippen LogP contribution in [0.5, 0.6) is 0 Å². The lowest BCUT2D eigenvalue weighted by molar-refractivity contribution is -0.120. The molecule has 1 unspecified atom stereocenters. The lowest BCUT2D eigenvalue weighted by Gasteiger charge is -2.12. The van der Waals surface area contributed by atoms with E-state index in [1.807, 2.05) is 32.0 Å². The number of carbonyl (C=O) groups excluding carboxylic acids is 1. The largest absolute Gasteiger partial charge is 0.376 e.